The first-order valence-corrected chi connectivity index (χ1v) is 6.10. The minimum Gasteiger partial charge on any atom is -0.453 e. The van der Waals surface area contributed by atoms with Crippen LogP contribution in [0.25, 0.3) is 0 Å². The number of benzene rings is 1. The summed E-state index contributed by atoms with van der Waals surface area (Å²) in [6, 6.07) is 7.86. The standard InChI is InChI=1S/C14H13FN2OS/c1-8-7-12(13(14(16)19)9(2)17-8)18-11-6-4-3-5-10(11)15/h3-7H,1-2H3,(H2,16,19). The van der Waals surface area contributed by atoms with E-state index in [0.29, 0.717) is 17.0 Å². The Kier molecular flexibility index (Phi) is 3.76. The third kappa shape index (κ3) is 2.88. The number of thiocarbonyl (C=S) groups is 1. The molecular weight excluding hydrogens is 263 g/mol. The van der Waals surface area contributed by atoms with Crippen LogP contribution in [0.3, 0.4) is 0 Å². The summed E-state index contributed by atoms with van der Waals surface area (Å²) < 4.78 is 19.2. The molecule has 2 rings (SSSR count). The second-order valence-corrected chi connectivity index (χ2v) is 4.56. The van der Waals surface area contributed by atoms with Crippen LogP contribution in [0.2, 0.25) is 0 Å². The van der Waals surface area contributed by atoms with Crippen LogP contribution in [0.15, 0.2) is 30.3 Å². The van der Waals surface area contributed by atoms with E-state index in [9.17, 15) is 4.39 Å². The Hall–Kier alpha value is -2.01. The Labute approximate surface area is 116 Å². The molecule has 0 spiro atoms. The summed E-state index contributed by atoms with van der Waals surface area (Å²) in [6.07, 6.45) is 0. The molecule has 0 aliphatic carbocycles. The van der Waals surface area contributed by atoms with Gasteiger partial charge in [-0.05, 0) is 26.0 Å². The molecule has 0 fully saturated rings. The average molecular weight is 276 g/mol. The first-order chi connectivity index (χ1) is 8.99. The van der Waals surface area contributed by atoms with E-state index in [-0.39, 0.29) is 10.7 Å². The Morgan fingerprint density at radius 3 is 2.58 bits per heavy atom. The molecule has 1 aromatic carbocycles. The summed E-state index contributed by atoms with van der Waals surface area (Å²) in [5.41, 5.74) is 7.63. The summed E-state index contributed by atoms with van der Waals surface area (Å²) in [4.78, 5) is 4.46. The van der Waals surface area contributed by atoms with Gasteiger partial charge in [0.2, 0.25) is 0 Å². The Morgan fingerprint density at radius 2 is 1.95 bits per heavy atom. The van der Waals surface area contributed by atoms with Crippen molar-refractivity contribution in [2.45, 2.75) is 13.8 Å². The van der Waals surface area contributed by atoms with Crippen LogP contribution >= 0.6 is 12.2 Å². The molecule has 0 radical (unpaired) electrons. The fourth-order valence-electron chi connectivity index (χ4n) is 1.82. The van der Waals surface area contributed by atoms with Gasteiger partial charge in [0.25, 0.3) is 0 Å². The van der Waals surface area contributed by atoms with E-state index in [0.717, 1.165) is 5.69 Å². The van der Waals surface area contributed by atoms with Crippen molar-refractivity contribution < 1.29 is 9.13 Å². The third-order valence-electron chi connectivity index (χ3n) is 2.60. The van der Waals surface area contributed by atoms with Crippen molar-refractivity contribution in [3.63, 3.8) is 0 Å². The van der Waals surface area contributed by atoms with Gasteiger partial charge < -0.3 is 10.5 Å². The lowest BCUT2D eigenvalue weighted by Crippen LogP contribution is -2.14. The summed E-state index contributed by atoms with van der Waals surface area (Å²) in [6.45, 7) is 3.61. The summed E-state index contributed by atoms with van der Waals surface area (Å²) in [5.74, 6) is 0.108. The molecule has 2 aromatic rings. The van der Waals surface area contributed by atoms with Gasteiger partial charge in [-0.3, -0.25) is 4.98 Å². The third-order valence-corrected chi connectivity index (χ3v) is 2.80. The normalized spacial score (nSPS) is 10.3. The molecule has 5 heteroatoms. The zero-order valence-electron chi connectivity index (χ0n) is 10.6. The van der Waals surface area contributed by atoms with Gasteiger partial charge in [0.05, 0.1) is 11.3 Å². The van der Waals surface area contributed by atoms with Crippen molar-refractivity contribution in [2.24, 2.45) is 5.73 Å². The summed E-state index contributed by atoms with van der Waals surface area (Å²) in [5, 5.41) is 0. The average Bonchev–Trinajstić information content (AvgIpc) is 2.30. The van der Waals surface area contributed by atoms with Crippen molar-refractivity contribution in [3.8, 4) is 11.5 Å². The molecule has 0 saturated heterocycles. The number of aryl methyl sites for hydroxylation is 2. The van der Waals surface area contributed by atoms with E-state index >= 15 is 0 Å². The van der Waals surface area contributed by atoms with Crippen LogP contribution < -0.4 is 10.5 Å². The Balaban J connectivity index is 2.51. The number of rotatable bonds is 3. The van der Waals surface area contributed by atoms with Crippen LogP contribution in [0.1, 0.15) is 17.0 Å². The number of hydrogen-bond donors (Lipinski definition) is 1. The highest BCUT2D eigenvalue weighted by atomic mass is 32.1. The van der Waals surface area contributed by atoms with Gasteiger partial charge in [-0.2, -0.15) is 0 Å². The van der Waals surface area contributed by atoms with Crippen molar-refractivity contribution in [1.82, 2.24) is 4.98 Å². The highest BCUT2D eigenvalue weighted by Gasteiger charge is 2.14. The fraction of sp³-hybridized carbons (Fsp3) is 0.143. The Bertz CT molecular complexity index is 643. The van der Waals surface area contributed by atoms with Crippen LogP contribution in [-0.4, -0.2) is 9.97 Å². The lowest BCUT2D eigenvalue weighted by molar-refractivity contribution is 0.440. The van der Waals surface area contributed by atoms with E-state index in [1.807, 2.05) is 6.92 Å². The van der Waals surface area contributed by atoms with Crippen molar-refractivity contribution in [2.75, 3.05) is 0 Å². The molecule has 19 heavy (non-hydrogen) atoms. The van der Waals surface area contributed by atoms with Gasteiger partial charge in [0, 0.05) is 11.8 Å². The predicted octanol–water partition coefficient (Wildman–Crippen LogP) is 3.26. The number of para-hydroxylation sites is 1. The molecule has 0 aliphatic heterocycles. The number of hydrogen-bond acceptors (Lipinski definition) is 3. The number of aromatic nitrogens is 1. The molecule has 98 valence electrons. The van der Waals surface area contributed by atoms with Gasteiger partial charge in [-0.1, -0.05) is 24.4 Å². The largest absolute Gasteiger partial charge is 0.453 e. The summed E-state index contributed by atoms with van der Waals surface area (Å²) >= 11 is 4.99. The van der Waals surface area contributed by atoms with Gasteiger partial charge >= 0.3 is 0 Å². The lowest BCUT2D eigenvalue weighted by atomic mass is 10.1. The molecule has 0 amide bonds. The van der Waals surface area contributed by atoms with Crippen LogP contribution in [0.4, 0.5) is 4.39 Å². The highest BCUT2D eigenvalue weighted by Crippen LogP contribution is 2.29. The Morgan fingerprint density at radius 1 is 1.26 bits per heavy atom. The van der Waals surface area contributed by atoms with Crippen LogP contribution in [0, 0.1) is 19.7 Å². The van der Waals surface area contributed by atoms with Crippen molar-refractivity contribution in [3.05, 3.63) is 53.1 Å². The van der Waals surface area contributed by atoms with Crippen molar-refractivity contribution >= 4 is 17.2 Å². The molecule has 0 atom stereocenters. The minimum atomic E-state index is -0.441. The number of nitrogens with zero attached hydrogens (tertiary/aromatic N) is 1. The maximum absolute atomic E-state index is 13.6. The second-order valence-electron chi connectivity index (χ2n) is 4.12. The molecule has 0 aliphatic rings. The van der Waals surface area contributed by atoms with E-state index < -0.39 is 5.82 Å². The topological polar surface area (TPSA) is 48.1 Å². The maximum Gasteiger partial charge on any atom is 0.165 e. The first kappa shape index (κ1) is 13.4. The van der Waals surface area contributed by atoms with E-state index in [2.05, 4.69) is 4.98 Å². The second kappa shape index (κ2) is 5.32. The maximum atomic E-state index is 13.6. The van der Waals surface area contributed by atoms with Gasteiger partial charge in [-0.15, -0.1) is 0 Å². The number of halogens is 1. The smallest absolute Gasteiger partial charge is 0.165 e. The molecule has 0 saturated carbocycles. The fourth-order valence-corrected chi connectivity index (χ4v) is 2.07. The molecule has 3 nitrogen and oxygen atoms in total. The molecule has 0 unspecified atom stereocenters. The number of nitrogens with two attached hydrogens (primary N) is 1. The zero-order chi connectivity index (χ0) is 14.0. The monoisotopic (exact) mass is 276 g/mol. The minimum absolute atomic E-state index is 0.130. The molecular formula is C14H13FN2OS. The van der Waals surface area contributed by atoms with E-state index in [1.165, 1.54) is 6.07 Å². The first-order valence-electron chi connectivity index (χ1n) is 5.69. The quantitative estimate of drug-likeness (QED) is 0.874. The van der Waals surface area contributed by atoms with E-state index in [4.69, 9.17) is 22.7 Å². The van der Waals surface area contributed by atoms with Crippen LogP contribution in [-0.2, 0) is 0 Å². The van der Waals surface area contributed by atoms with Crippen LogP contribution in [0.5, 0.6) is 11.5 Å². The van der Waals surface area contributed by atoms with Crippen molar-refractivity contribution in [1.29, 1.82) is 0 Å². The van der Waals surface area contributed by atoms with Gasteiger partial charge in [0.1, 0.15) is 10.7 Å². The molecule has 1 heterocycles. The number of pyridine rings is 1. The molecule has 2 N–H and O–H groups in total. The SMILES string of the molecule is Cc1cc(Oc2ccccc2F)c(C(N)=S)c(C)n1. The lowest BCUT2D eigenvalue weighted by Gasteiger charge is -2.13. The predicted molar refractivity (Wildman–Crippen MR) is 76.1 cm³/mol. The van der Waals surface area contributed by atoms with Gasteiger partial charge in [0.15, 0.2) is 11.6 Å². The molecule has 1 aromatic heterocycles. The molecule has 0 bridgehead atoms. The van der Waals surface area contributed by atoms with E-state index in [1.54, 1.807) is 31.2 Å². The highest BCUT2D eigenvalue weighted by molar-refractivity contribution is 7.80. The zero-order valence-corrected chi connectivity index (χ0v) is 11.4. The summed E-state index contributed by atoms with van der Waals surface area (Å²) in [7, 11) is 0. The number of ether oxygens (including phenoxy) is 1. The van der Waals surface area contributed by atoms with Gasteiger partial charge in [-0.25, -0.2) is 4.39 Å².